The lowest BCUT2D eigenvalue weighted by atomic mass is 9.75. The molecule has 0 bridgehead atoms. The Hall–Kier alpha value is -11.2. The number of aliphatic hydroxyl groups is 3. The quantitative estimate of drug-likeness (QED) is 0.0461. The molecule has 0 amide bonds. The Labute approximate surface area is 796 Å². The molecule has 3 fully saturated rings. The predicted molar refractivity (Wildman–Crippen MR) is 506 cm³/mol. The summed E-state index contributed by atoms with van der Waals surface area (Å²) in [5, 5.41) is 37.7. The van der Waals surface area contributed by atoms with Crippen molar-refractivity contribution in [3.63, 3.8) is 0 Å². The summed E-state index contributed by atoms with van der Waals surface area (Å²) in [6.07, 6.45) is 12.2. The molecule has 3 N–H and O–H groups in total. The van der Waals surface area contributed by atoms with Crippen LogP contribution >= 0.6 is 0 Å². The molecule has 0 heterocycles. The summed E-state index contributed by atoms with van der Waals surface area (Å²) in [7, 11) is 0. The predicted octanol–water partition coefficient (Wildman–Crippen LogP) is 17.7. The average molecular weight is 1870 g/mol. The molecule has 0 aliphatic heterocycles. The van der Waals surface area contributed by atoms with Gasteiger partial charge in [0.05, 0.1) is 16.7 Å². The molecule has 135 heavy (non-hydrogen) atoms. The molecule has 9 rings (SSSR count). The van der Waals surface area contributed by atoms with E-state index in [-0.39, 0.29) is 56.3 Å². The maximum Gasteiger partial charge on any atom is 0.338 e. The van der Waals surface area contributed by atoms with Crippen molar-refractivity contribution >= 4 is 71.6 Å². The molecular weight excluding hydrogens is 1730 g/mol. The van der Waals surface area contributed by atoms with Gasteiger partial charge in [-0.05, 0) is 152 Å². The van der Waals surface area contributed by atoms with Gasteiger partial charge in [0, 0.05) is 129 Å². The van der Waals surface area contributed by atoms with Crippen molar-refractivity contribution in [3.05, 3.63) is 214 Å². The van der Waals surface area contributed by atoms with Gasteiger partial charge in [-0.15, -0.1) is 0 Å². The highest BCUT2D eigenvalue weighted by molar-refractivity contribution is 5.92. The van der Waals surface area contributed by atoms with Gasteiger partial charge >= 0.3 is 71.6 Å². The van der Waals surface area contributed by atoms with Crippen molar-refractivity contribution in [3.8, 4) is 0 Å². The minimum atomic E-state index is -1.65. The lowest BCUT2D eigenvalue weighted by Crippen LogP contribution is -2.52. The van der Waals surface area contributed by atoms with E-state index in [1.807, 2.05) is 120 Å². The van der Waals surface area contributed by atoms with Crippen LogP contribution in [0, 0.1) is 69.5 Å². The molecule has 27 nitrogen and oxygen atoms in total. The molecule has 0 unspecified atom stereocenters. The lowest BCUT2D eigenvalue weighted by molar-refractivity contribution is -0.173. The standard InChI is InChI=1S/3C36H48O9/c3*1-10-21(2)33(39)44-29-19-30(42-25(6)37)35(8,9)17-16-22(3)32(43-26(7)38)36(41)20-24(5)31(28(36)18-23(29)4)45-34(40)27-14-12-11-13-15-27/h3*10-18,22,24,28-32,41H,19-20H2,1-9H3/b3*17-16+,21-10+,23-18+/t3*22-,24-,28-,29+,30+,31-,32-,36+/m000/s1. The van der Waals surface area contributed by atoms with Gasteiger partial charge in [-0.3, -0.25) is 28.8 Å². The van der Waals surface area contributed by atoms with Crippen LogP contribution in [-0.4, -0.2) is 177 Å². The zero-order chi connectivity index (χ0) is 101. The molecule has 3 aromatic carbocycles. The van der Waals surface area contributed by atoms with Crippen LogP contribution in [0.3, 0.4) is 0 Å². The van der Waals surface area contributed by atoms with Crippen LogP contribution < -0.4 is 0 Å². The summed E-state index contributed by atoms with van der Waals surface area (Å²) >= 11 is 0. The molecule has 27 heteroatoms. The third kappa shape index (κ3) is 28.7. The molecule has 738 valence electrons. The van der Waals surface area contributed by atoms with E-state index in [1.165, 1.54) is 41.5 Å². The van der Waals surface area contributed by atoms with E-state index in [9.17, 15) is 72.9 Å². The zero-order valence-corrected chi connectivity index (χ0v) is 83.6. The van der Waals surface area contributed by atoms with Crippen LogP contribution in [0.25, 0.3) is 0 Å². The van der Waals surface area contributed by atoms with Crippen molar-refractivity contribution in [1.29, 1.82) is 0 Å². The number of fused-ring (bicyclic) bond motifs is 3. The van der Waals surface area contributed by atoms with E-state index in [0.29, 0.717) is 50.1 Å². The van der Waals surface area contributed by atoms with Gasteiger partial charge in [0.25, 0.3) is 0 Å². The zero-order valence-electron chi connectivity index (χ0n) is 83.6. The molecule has 0 aromatic heterocycles. The Balaban J connectivity index is 0.000000276. The Morgan fingerprint density at radius 2 is 0.519 bits per heavy atom. The van der Waals surface area contributed by atoms with Gasteiger partial charge in [0.15, 0.2) is 0 Å². The van der Waals surface area contributed by atoms with Gasteiger partial charge in [-0.1, -0.05) is 211 Å². The molecule has 0 radical (unpaired) electrons. The van der Waals surface area contributed by atoms with Crippen molar-refractivity contribution < 1.29 is 130 Å². The third-order valence-electron chi connectivity index (χ3n) is 27.0. The van der Waals surface area contributed by atoms with Gasteiger partial charge in [0.2, 0.25) is 0 Å². The Bertz CT molecular complexity index is 4510. The van der Waals surface area contributed by atoms with Crippen molar-refractivity contribution in [2.75, 3.05) is 0 Å². The summed E-state index contributed by atoms with van der Waals surface area (Å²) in [5.74, 6) is -11.3. The second-order valence-electron chi connectivity index (χ2n) is 39.3. The van der Waals surface area contributed by atoms with Crippen molar-refractivity contribution in [2.24, 2.45) is 69.5 Å². The fourth-order valence-corrected chi connectivity index (χ4v) is 18.9. The van der Waals surface area contributed by atoms with Crippen LogP contribution in [0.1, 0.15) is 257 Å². The van der Waals surface area contributed by atoms with E-state index < -0.39 is 213 Å². The number of carbonyl (C=O) groups excluding carboxylic acids is 12. The van der Waals surface area contributed by atoms with Gasteiger partial charge < -0.3 is 72.2 Å². The minimum Gasteiger partial charge on any atom is -0.461 e. The monoisotopic (exact) mass is 1870 g/mol. The van der Waals surface area contributed by atoms with E-state index in [4.69, 9.17) is 56.8 Å². The van der Waals surface area contributed by atoms with Crippen LogP contribution in [0.4, 0.5) is 0 Å². The number of hydrogen-bond acceptors (Lipinski definition) is 27. The number of esters is 12. The number of hydrogen-bond donors (Lipinski definition) is 3. The number of rotatable bonds is 18. The Morgan fingerprint density at radius 3 is 0.711 bits per heavy atom. The number of ether oxygens (including phenoxy) is 12. The average Bonchev–Trinajstić information content (AvgIpc) is 1.61. The van der Waals surface area contributed by atoms with E-state index in [2.05, 4.69) is 0 Å². The van der Waals surface area contributed by atoms with Crippen molar-refractivity contribution in [2.45, 2.75) is 316 Å². The highest BCUT2D eigenvalue weighted by atomic mass is 16.6. The van der Waals surface area contributed by atoms with E-state index >= 15 is 0 Å². The molecule has 3 saturated carbocycles. The van der Waals surface area contributed by atoms with Gasteiger partial charge in [0.1, 0.15) is 90.1 Å². The summed E-state index contributed by atoms with van der Waals surface area (Å²) in [6.45, 7) is 45.9. The summed E-state index contributed by atoms with van der Waals surface area (Å²) in [4.78, 5) is 153. The first-order valence-electron chi connectivity index (χ1n) is 46.6. The summed E-state index contributed by atoms with van der Waals surface area (Å²) < 4.78 is 71.3. The van der Waals surface area contributed by atoms with Gasteiger partial charge in [-0.2, -0.15) is 0 Å². The molecule has 6 aliphatic rings. The maximum absolute atomic E-state index is 13.3. The van der Waals surface area contributed by atoms with E-state index in [1.54, 1.807) is 190 Å². The van der Waals surface area contributed by atoms with Crippen LogP contribution in [-0.2, 0) is 100.0 Å². The maximum atomic E-state index is 13.3. The minimum absolute atomic E-state index is 0.138. The Kier molecular flexibility index (Phi) is 39.0. The second-order valence-corrected chi connectivity index (χ2v) is 39.3. The third-order valence-corrected chi connectivity index (χ3v) is 27.0. The van der Waals surface area contributed by atoms with Crippen LogP contribution in [0.5, 0.6) is 0 Å². The van der Waals surface area contributed by atoms with Crippen LogP contribution in [0.2, 0.25) is 0 Å². The summed E-state index contributed by atoms with van der Waals surface area (Å²) in [5.41, 5.74) is -3.15. The highest BCUT2D eigenvalue weighted by Gasteiger charge is 2.62. The molecule has 24 atom stereocenters. The first kappa shape index (κ1) is 111. The SMILES string of the molecule is C/C=C(\C)C(=O)O[C@@H]1C[C@@H](OC(C)=O)C(C)(C)/C=C/[C@H](C)[C@H](OC(C)=O)[C@@]2(O)C[C@H](C)[C@H](OC(=O)c3ccccc3)[C@@H]2/C=C/1C.C/C=C(\C)C(=O)O[C@@H]1C[C@@H](OC(C)=O)C(C)(C)/C=C/[C@H](C)[C@H](OC(C)=O)[C@@]2(O)C[C@H](C)[C@H](OC(=O)c3ccccc3)[C@@H]2/C=C/1C.C/C=C(\C)C(=O)O[C@@H]1C[C@@H](OC(C)=O)C(C)(C)/C=C/[C@H](C)[C@H](OC(C)=O)[C@@]2(O)C[C@H](C)[C@H](OC(=O)c3ccccc3)[C@@H]2/C=C/1C. The second kappa shape index (κ2) is 47.5. The number of benzene rings is 3. The topological polar surface area (TPSA) is 376 Å². The summed E-state index contributed by atoms with van der Waals surface area (Å²) in [6, 6.07) is 25.7. The molecule has 0 saturated heterocycles. The lowest BCUT2D eigenvalue weighted by Gasteiger charge is -2.41. The van der Waals surface area contributed by atoms with Crippen LogP contribution in [0.15, 0.2) is 197 Å². The number of allylic oxidation sites excluding steroid dienone is 3. The first-order chi connectivity index (χ1) is 63.0. The normalized spacial score (nSPS) is 33.6. The fraction of sp³-hybridized carbons (Fsp3) is 0.556. The Morgan fingerprint density at radius 1 is 0.311 bits per heavy atom. The largest absolute Gasteiger partial charge is 0.461 e. The number of carbonyl (C=O) groups is 12. The smallest absolute Gasteiger partial charge is 0.338 e. The van der Waals surface area contributed by atoms with Gasteiger partial charge in [-0.25, -0.2) is 28.8 Å². The first-order valence-corrected chi connectivity index (χ1v) is 46.6. The molecule has 3 aromatic rings. The molecule has 6 aliphatic carbocycles. The molecule has 0 spiro atoms. The van der Waals surface area contributed by atoms with E-state index in [0.717, 1.165) is 0 Å². The van der Waals surface area contributed by atoms with Crippen molar-refractivity contribution in [1.82, 2.24) is 0 Å². The highest BCUT2D eigenvalue weighted by Crippen LogP contribution is 2.53. The fourth-order valence-electron chi connectivity index (χ4n) is 18.9. The molecular formula is C108H144O27.